The maximum Gasteiger partial charge on any atom is 0.227 e. The Bertz CT molecular complexity index is 1270. The van der Waals surface area contributed by atoms with Gasteiger partial charge in [0.15, 0.2) is 11.4 Å². The average molecular weight is 542 g/mol. The second-order valence-corrected chi connectivity index (χ2v) is 10.9. The Morgan fingerprint density at radius 3 is 2.38 bits per heavy atom. The normalized spacial score (nSPS) is 23.9. The molecule has 10 heteroatoms. The molecule has 2 aliphatic rings. The van der Waals surface area contributed by atoms with E-state index in [4.69, 9.17) is 5.73 Å². The number of aliphatic hydroxyl groups is 3. The first-order valence-corrected chi connectivity index (χ1v) is 13.1. The van der Waals surface area contributed by atoms with Gasteiger partial charge in [0.2, 0.25) is 11.7 Å². The maximum atomic E-state index is 14.1. The summed E-state index contributed by atoms with van der Waals surface area (Å²) >= 11 is 0. The number of unbranched alkanes of at least 4 members (excludes halogenated alkanes) is 1. The molecule has 212 valence electrons. The van der Waals surface area contributed by atoms with Gasteiger partial charge in [-0.1, -0.05) is 18.8 Å². The van der Waals surface area contributed by atoms with Gasteiger partial charge in [0, 0.05) is 43.7 Å². The Morgan fingerprint density at radius 1 is 1.23 bits per heavy atom. The van der Waals surface area contributed by atoms with Crippen molar-refractivity contribution >= 4 is 28.9 Å². The smallest absolute Gasteiger partial charge is 0.227 e. The lowest BCUT2D eigenvalue weighted by atomic mass is 9.59. The number of primary amides is 1. The highest BCUT2D eigenvalue weighted by Gasteiger charge is 2.61. The standard InChI is InChI=1S/C29H39N3O7/c1-7-8-9-10-16-13-20(31(3)4)18-11-17-12-19(21(14-33)32(5)6)29(39,26(36)15(2)28(30)38)27(37)22(17)25(35)23(18)24(16)34/h13,15,17,19,21,33-35,39H,7-8,11-12,14H2,1-6H3,(H2,30,38)/t15?,17-,19-,21+,29+/m0/s1. The summed E-state index contributed by atoms with van der Waals surface area (Å²) in [6, 6.07) is 0.924. The van der Waals surface area contributed by atoms with Crippen LogP contribution in [0.15, 0.2) is 11.6 Å². The molecule has 39 heavy (non-hydrogen) atoms. The number of aliphatic hydroxyl groups excluding tert-OH is 2. The third kappa shape index (κ3) is 5.02. The fourth-order valence-electron chi connectivity index (χ4n) is 5.80. The van der Waals surface area contributed by atoms with Gasteiger partial charge >= 0.3 is 0 Å². The Morgan fingerprint density at radius 2 is 1.87 bits per heavy atom. The van der Waals surface area contributed by atoms with Crippen LogP contribution in [0.4, 0.5) is 5.69 Å². The molecule has 1 saturated carbocycles. The monoisotopic (exact) mass is 541 g/mol. The fraction of sp³-hybridized carbons (Fsp3) is 0.552. The van der Waals surface area contributed by atoms with Crippen LogP contribution in [0.5, 0.6) is 5.75 Å². The highest BCUT2D eigenvalue weighted by atomic mass is 16.3. The van der Waals surface area contributed by atoms with Crippen molar-refractivity contribution in [2.75, 3.05) is 39.7 Å². The number of hydrogen-bond acceptors (Lipinski definition) is 9. The first-order valence-electron chi connectivity index (χ1n) is 13.1. The summed E-state index contributed by atoms with van der Waals surface area (Å²) in [5.74, 6) is -1.29. The van der Waals surface area contributed by atoms with Crippen molar-refractivity contribution in [1.82, 2.24) is 4.90 Å². The van der Waals surface area contributed by atoms with Crippen molar-refractivity contribution in [3.05, 3.63) is 28.3 Å². The van der Waals surface area contributed by atoms with Gasteiger partial charge in [-0.15, -0.1) is 0 Å². The predicted molar refractivity (Wildman–Crippen MR) is 147 cm³/mol. The number of amides is 1. The zero-order chi connectivity index (χ0) is 29.4. The van der Waals surface area contributed by atoms with Crippen LogP contribution >= 0.6 is 0 Å². The number of fused-ring (bicyclic) bond motifs is 2. The SMILES string of the molecule is CCCC#Cc1cc(N(C)C)c2c(c1O)C(O)=C1C(=O)[C@](O)(C(=O)C(C)C(N)=O)[C@H]([C@@H](CO)N(C)C)C[C@@H]1C2. The lowest BCUT2D eigenvalue weighted by molar-refractivity contribution is -0.166. The van der Waals surface area contributed by atoms with E-state index in [0.717, 1.165) is 6.42 Å². The number of rotatable bonds is 8. The number of carbonyl (C=O) groups excluding carboxylic acids is 3. The van der Waals surface area contributed by atoms with Crippen molar-refractivity contribution in [2.24, 2.45) is 23.5 Å². The number of aromatic hydroxyl groups is 1. The van der Waals surface area contributed by atoms with E-state index in [9.17, 15) is 34.8 Å². The van der Waals surface area contributed by atoms with E-state index in [-0.39, 0.29) is 35.3 Å². The number of nitrogens with zero attached hydrogens (tertiary/aromatic N) is 2. The number of ketones is 2. The minimum absolute atomic E-state index is 0.0316. The van der Waals surface area contributed by atoms with E-state index in [1.165, 1.54) is 6.92 Å². The number of carbonyl (C=O) groups is 3. The van der Waals surface area contributed by atoms with E-state index < -0.39 is 59.2 Å². The van der Waals surface area contributed by atoms with Gasteiger partial charge in [0.1, 0.15) is 11.5 Å². The van der Waals surface area contributed by atoms with Gasteiger partial charge in [-0.3, -0.25) is 14.4 Å². The molecule has 1 amide bonds. The van der Waals surface area contributed by atoms with Crippen LogP contribution in [0.3, 0.4) is 0 Å². The molecular weight excluding hydrogens is 502 g/mol. The maximum absolute atomic E-state index is 14.1. The molecular formula is C29H39N3O7. The topological polar surface area (TPSA) is 165 Å². The molecule has 0 bridgehead atoms. The van der Waals surface area contributed by atoms with Gasteiger partial charge in [0.05, 0.1) is 23.7 Å². The van der Waals surface area contributed by atoms with Gasteiger partial charge < -0.3 is 36.0 Å². The summed E-state index contributed by atoms with van der Waals surface area (Å²) in [7, 11) is 6.93. The van der Waals surface area contributed by atoms with Crippen LogP contribution in [0.25, 0.3) is 5.76 Å². The molecule has 3 rings (SSSR count). The largest absolute Gasteiger partial charge is 0.507 e. The molecule has 0 heterocycles. The summed E-state index contributed by atoms with van der Waals surface area (Å²) in [5.41, 5.74) is 4.04. The van der Waals surface area contributed by atoms with Crippen molar-refractivity contribution in [2.45, 2.75) is 51.2 Å². The Balaban J connectivity index is 2.32. The Kier molecular flexibility index (Phi) is 8.80. The van der Waals surface area contributed by atoms with E-state index in [2.05, 4.69) is 11.8 Å². The number of phenols is 1. The summed E-state index contributed by atoms with van der Waals surface area (Å²) < 4.78 is 0. The van der Waals surface area contributed by atoms with Gasteiger partial charge in [-0.2, -0.15) is 0 Å². The van der Waals surface area contributed by atoms with Crippen LogP contribution in [-0.2, 0) is 20.8 Å². The first-order chi connectivity index (χ1) is 18.2. The van der Waals surface area contributed by atoms with E-state index >= 15 is 0 Å². The minimum Gasteiger partial charge on any atom is -0.507 e. The highest BCUT2D eigenvalue weighted by Crippen LogP contribution is 2.51. The molecule has 1 unspecified atom stereocenters. The molecule has 10 nitrogen and oxygen atoms in total. The molecule has 0 aromatic heterocycles. The molecule has 1 aromatic carbocycles. The molecule has 0 radical (unpaired) electrons. The van der Waals surface area contributed by atoms with Crippen molar-refractivity contribution in [3.8, 4) is 17.6 Å². The van der Waals surface area contributed by atoms with Gasteiger partial charge in [-0.25, -0.2) is 0 Å². The summed E-state index contributed by atoms with van der Waals surface area (Å²) in [5, 5.41) is 44.8. The third-order valence-electron chi connectivity index (χ3n) is 7.99. The second-order valence-electron chi connectivity index (χ2n) is 10.9. The number of nitrogens with two attached hydrogens (primary N) is 1. The van der Waals surface area contributed by atoms with Crippen LogP contribution in [0.1, 0.15) is 49.8 Å². The molecule has 1 aromatic rings. The molecule has 0 spiro atoms. The number of anilines is 1. The van der Waals surface area contributed by atoms with Gasteiger partial charge in [-0.05, 0) is 57.8 Å². The Labute approximate surface area is 229 Å². The van der Waals surface area contributed by atoms with Crippen LogP contribution in [0.2, 0.25) is 0 Å². The molecule has 0 saturated heterocycles. The predicted octanol–water partition coefficient (Wildman–Crippen LogP) is 0.984. The second kappa shape index (κ2) is 11.4. The summed E-state index contributed by atoms with van der Waals surface area (Å²) in [6.45, 7) is 2.72. The molecule has 0 aliphatic heterocycles. The van der Waals surface area contributed by atoms with E-state index in [1.807, 2.05) is 25.9 Å². The van der Waals surface area contributed by atoms with Crippen molar-refractivity contribution < 1.29 is 34.8 Å². The molecule has 1 fully saturated rings. The van der Waals surface area contributed by atoms with Crippen molar-refractivity contribution in [3.63, 3.8) is 0 Å². The fourth-order valence-corrected chi connectivity index (χ4v) is 5.80. The molecule has 6 N–H and O–H groups in total. The number of Topliss-reactive ketones (excluding diaryl/α,β-unsaturated/α-hetero) is 2. The summed E-state index contributed by atoms with van der Waals surface area (Å²) in [4.78, 5) is 43.0. The third-order valence-corrected chi connectivity index (χ3v) is 7.99. The number of likely N-dealkylation sites (N-methyl/N-ethyl adjacent to an activating group) is 1. The van der Waals surface area contributed by atoms with Gasteiger partial charge in [0.25, 0.3) is 0 Å². The molecule has 2 aliphatic carbocycles. The summed E-state index contributed by atoms with van der Waals surface area (Å²) in [6.07, 6.45) is 1.70. The number of phenolic OH excluding ortho intramolecular Hbond substituents is 1. The van der Waals surface area contributed by atoms with Crippen LogP contribution < -0.4 is 10.6 Å². The molecule has 5 atom stereocenters. The Hall–Kier alpha value is -3.39. The average Bonchev–Trinajstić information content (AvgIpc) is 2.87. The van der Waals surface area contributed by atoms with Crippen LogP contribution in [-0.4, -0.2) is 89.2 Å². The van der Waals surface area contributed by atoms with Crippen LogP contribution in [0, 0.1) is 29.6 Å². The van der Waals surface area contributed by atoms with Crippen molar-refractivity contribution in [1.29, 1.82) is 0 Å². The lowest BCUT2D eigenvalue weighted by Crippen LogP contribution is -2.65. The van der Waals surface area contributed by atoms with E-state index in [0.29, 0.717) is 17.7 Å². The lowest BCUT2D eigenvalue weighted by Gasteiger charge is -2.48. The number of benzene rings is 1. The minimum atomic E-state index is -2.73. The zero-order valence-electron chi connectivity index (χ0n) is 23.4. The highest BCUT2D eigenvalue weighted by molar-refractivity contribution is 6.24. The quantitative estimate of drug-likeness (QED) is 0.238. The number of hydrogen-bond donors (Lipinski definition) is 5. The first kappa shape index (κ1) is 30.2. The van der Waals surface area contributed by atoms with E-state index in [1.54, 1.807) is 25.1 Å². The zero-order valence-corrected chi connectivity index (χ0v) is 23.4.